The average Bonchev–Trinajstić information content (AvgIpc) is 3.03. The zero-order valence-electron chi connectivity index (χ0n) is 12.6. The lowest BCUT2D eigenvalue weighted by Gasteiger charge is -2.07. The highest BCUT2D eigenvalue weighted by molar-refractivity contribution is 7.14. The first-order chi connectivity index (χ1) is 12.0. The summed E-state index contributed by atoms with van der Waals surface area (Å²) in [7, 11) is 0. The lowest BCUT2D eigenvalue weighted by atomic mass is 10.2. The molecule has 0 fully saturated rings. The van der Waals surface area contributed by atoms with Crippen LogP contribution in [0.15, 0.2) is 47.8 Å². The van der Waals surface area contributed by atoms with Crippen molar-refractivity contribution in [1.82, 2.24) is 4.98 Å². The predicted octanol–water partition coefficient (Wildman–Crippen LogP) is 5.79. The first kappa shape index (κ1) is 18.0. The Morgan fingerprint density at radius 1 is 1.08 bits per heavy atom. The number of hydrogen-bond donors (Lipinski definition) is 1. The van der Waals surface area contributed by atoms with Crippen LogP contribution in [0.2, 0.25) is 15.1 Å². The van der Waals surface area contributed by atoms with E-state index >= 15 is 0 Å². The van der Waals surface area contributed by atoms with Crippen LogP contribution in [0.4, 0.5) is 5.13 Å². The Hall–Kier alpha value is -1.79. The monoisotopic (exact) mass is 412 g/mol. The van der Waals surface area contributed by atoms with Gasteiger partial charge in [0.05, 0.1) is 10.7 Å². The fourth-order valence-electron chi connectivity index (χ4n) is 1.98. The van der Waals surface area contributed by atoms with E-state index in [1.54, 1.807) is 30.3 Å². The number of carbonyl (C=O) groups is 1. The summed E-state index contributed by atoms with van der Waals surface area (Å²) in [5, 5.41) is 6.54. The number of nitrogens with zero attached hydrogens (tertiary/aromatic N) is 1. The molecule has 128 valence electrons. The van der Waals surface area contributed by atoms with Crippen molar-refractivity contribution in [2.45, 2.75) is 0 Å². The van der Waals surface area contributed by atoms with Gasteiger partial charge in [-0.15, -0.1) is 11.3 Å². The van der Waals surface area contributed by atoms with Gasteiger partial charge >= 0.3 is 0 Å². The van der Waals surface area contributed by atoms with Crippen molar-refractivity contribution >= 4 is 57.2 Å². The lowest BCUT2D eigenvalue weighted by Crippen LogP contribution is -2.20. The van der Waals surface area contributed by atoms with Crippen LogP contribution in [0.5, 0.6) is 5.75 Å². The summed E-state index contributed by atoms with van der Waals surface area (Å²) in [5.41, 5.74) is 1.68. The molecule has 8 heteroatoms. The van der Waals surface area contributed by atoms with E-state index in [1.165, 1.54) is 11.3 Å². The van der Waals surface area contributed by atoms with E-state index in [-0.39, 0.29) is 12.5 Å². The Balaban J connectivity index is 1.59. The minimum Gasteiger partial charge on any atom is -0.482 e. The van der Waals surface area contributed by atoms with Gasteiger partial charge in [-0.3, -0.25) is 10.1 Å². The third-order valence-corrected chi connectivity index (χ3v) is 4.68. The molecule has 2 aromatic carbocycles. The van der Waals surface area contributed by atoms with Crippen molar-refractivity contribution in [3.05, 3.63) is 62.9 Å². The number of hydrogen-bond acceptors (Lipinski definition) is 4. The molecule has 0 aliphatic rings. The molecule has 1 amide bonds. The molecule has 1 aromatic heterocycles. The van der Waals surface area contributed by atoms with Crippen LogP contribution >= 0.6 is 46.1 Å². The summed E-state index contributed by atoms with van der Waals surface area (Å²) in [6, 6.07) is 12.1. The number of aromatic nitrogens is 1. The third kappa shape index (κ3) is 4.86. The van der Waals surface area contributed by atoms with E-state index in [4.69, 9.17) is 39.5 Å². The smallest absolute Gasteiger partial charge is 0.264 e. The van der Waals surface area contributed by atoms with Crippen LogP contribution in [-0.4, -0.2) is 17.5 Å². The van der Waals surface area contributed by atoms with Crippen molar-refractivity contribution < 1.29 is 9.53 Å². The molecule has 25 heavy (non-hydrogen) atoms. The van der Waals surface area contributed by atoms with Crippen LogP contribution in [0, 0.1) is 0 Å². The molecule has 0 radical (unpaired) electrons. The summed E-state index contributed by atoms with van der Waals surface area (Å²) >= 11 is 19.0. The predicted molar refractivity (Wildman–Crippen MR) is 103 cm³/mol. The molecular weight excluding hydrogens is 403 g/mol. The van der Waals surface area contributed by atoms with E-state index in [9.17, 15) is 4.79 Å². The number of carbonyl (C=O) groups excluding carboxylic acids is 1. The molecule has 0 saturated heterocycles. The highest BCUT2D eigenvalue weighted by Crippen LogP contribution is 2.28. The van der Waals surface area contributed by atoms with E-state index in [2.05, 4.69) is 10.3 Å². The van der Waals surface area contributed by atoms with Gasteiger partial charge in [0.1, 0.15) is 5.75 Å². The molecule has 1 N–H and O–H groups in total. The van der Waals surface area contributed by atoms with Gasteiger partial charge in [-0.05, 0) is 30.3 Å². The molecular formula is C17H11Cl3N2O2S. The normalized spacial score (nSPS) is 10.5. The topological polar surface area (TPSA) is 51.2 Å². The second kappa shape index (κ2) is 8.06. The standard InChI is InChI=1S/C17H11Cl3N2O2S/c18-11-3-1-10(2-4-11)14-9-25-17(21-14)22-16(23)8-24-15-6-5-12(19)7-13(15)20/h1-7,9H,8H2,(H,21,22,23). The first-order valence-corrected chi connectivity index (χ1v) is 9.12. The van der Waals surface area contributed by atoms with Crippen molar-refractivity contribution in [1.29, 1.82) is 0 Å². The van der Waals surface area contributed by atoms with Crippen molar-refractivity contribution in [3.63, 3.8) is 0 Å². The molecule has 3 rings (SSSR count). The van der Waals surface area contributed by atoms with E-state index < -0.39 is 0 Å². The van der Waals surface area contributed by atoms with E-state index in [0.717, 1.165) is 11.3 Å². The maximum absolute atomic E-state index is 12.0. The Morgan fingerprint density at radius 2 is 1.80 bits per heavy atom. The second-order valence-electron chi connectivity index (χ2n) is 4.96. The number of halogens is 3. The maximum Gasteiger partial charge on any atom is 0.264 e. The molecule has 0 spiro atoms. The molecule has 4 nitrogen and oxygen atoms in total. The molecule has 0 aliphatic heterocycles. The van der Waals surface area contributed by atoms with Crippen LogP contribution < -0.4 is 10.1 Å². The fourth-order valence-corrected chi connectivity index (χ4v) is 3.30. The van der Waals surface area contributed by atoms with Gasteiger partial charge in [0.2, 0.25) is 0 Å². The Bertz CT molecular complexity index is 897. The summed E-state index contributed by atoms with van der Waals surface area (Å²) < 4.78 is 5.39. The number of benzene rings is 2. The van der Waals surface area contributed by atoms with Crippen molar-refractivity contribution in [2.75, 3.05) is 11.9 Å². The average molecular weight is 414 g/mol. The van der Waals surface area contributed by atoms with Gasteiger partial charge in [0.25, 0.3) is 5.91 Å². The zero-order valence-corrected chi connectivity index (χ0v) is 15.7. The van der Waals surface area contributed by atoms with Crippen molar-refractivity contribution in [2.24, 2.45) is 0 Å². The summed E-state index contributed by atoms with van der Waals surface area (Å²) in [5.74, 6) is 0.0604. The highest BCUT2D eigenvalue weighted by Gasteiger charge is 2.10. The van der Waals surface area contributed by atoms with E-state index in [1.807, 2.05) is 17.5 Å². The third-order valence-electron chi connectivity index (χ3n) is 3.14. The summed E-state index contributed by atoms with van der Waals surface area (Å²) in [4.78, 5) is 16.4. The minimum absolute atomic E-state index is 0.183. The Morgan fingerprint density at radius 3 is 2.52 bits per heavy atom. The molecule has 1 heterocycles. The largest absolute Gasteiger partial charge is 0.482 e. The zero-order chi connectivity index (χ0) is 17.8. The molecule has 0 unspecified atom stereocenters. The van der Waals surface area contributed by atoms with Crippen LogP contribution in [0.1, 0.15) is 0 Å². The van der Waals surface area contributed by atoms with Gasteiger partial charge < -0.3 is 4.74 Å². The number of anilines is 1. The Labute approximate surface area is 163 Å². The molecule has 0 aliphatic carbocycles. The van der Waals surface area contributed by atoms with Gasteiger partial charge in [-0.2, -0.15) is 0 Å². The molecule has 0 bridgehead atoms. The van der Waals surface area contributed by atoms with Crippen molar-refractivity contribution in [3.8, 4) is 17.0 Å². The summed E-state index contributed by atoms with van der Waals surface area (Å²) in [6.07, 6.45) is 0. The maximum atomic E-state index is 12.0. The highest BCUT2D eigenvalue weighted by atomic mass is 35.5. The molecule has 0 saturated carbocycles. The second-order valence-corrected chi connectivity index (χ2v) is 7.09. The quantitative estimate of drug-likeness (QED) is 0.576. The van der Waals surface area contributed by atoms with Crippen LogP contribution in [0.25, 0.3) is 11.3 Å². The van der Waals surface area contributed by atoms with E-state index in [0.29, 0.717) is 25.9 Å². The minimum atomic E-state index is -0.331. The lowest BCUT2D eigenvalue weighted by molar-refractivity contribution is -0.118. The van der Waals surface area contributed by atoms with Gasteiger partial charge in [-0.1, -0.05) is 46.9 Å². The van der Waals surface area contributed by atoms with Gasteiger partial charge in [-0.25, -0.2) is 4.98 Å². The molecule has 0 atom stereocenters. The number of ether oxygens (including phenoxy) is 1. The van der Waals surface area contributed by atoms with Gasteiger partial charge in [0, 0.05) is 21.0 Å². The number of thiazole rings is 1. The van der Waals surface area contributed by atoms with Crippen LogP contribution in [-0.2, 0) is 4.79 Å². The van der Waals surface area contributed by atoms with Crippen LogP contribution in [0.3, 0.4) is 0 Å². The Kier molecular flexibility index (Phi) is 5.81. The number of nitrogens with one attached hydrogen (secondary N) is 1. The fraction of sp³-hybridized carbons (Fsp3) is 0.0588. The number of rotatable bonds is 5. The number of amides is 1. The molecule has 3 aromatic rings. The SMILES string of the molecule is O=C(COc1ccc(Cl)cc1Cl)Nc1nc(-c2ccc(Cl)cc2)cs1. The summed E-state index contributed by atoms with van der Waals surface area (Å²) in [6.45, 7) is -0.183. The van der Waals surface area contributed by atoms with Gasteiger partial charge in [0.15, 0.2) is 11.7 Å². The first-order valence-electron chi connectivity index (χ1n) is 7.10.